The van der Waals surface area contributed by atoms with Gasteiger partial charge < -0.3 is 4.90 Å². The van der Waals surface area contributed by atoms with Crippen molar-refractivity contribution in [3.63, 3.8) is 0 Å². The van der Waals surface area contributed by atoms with E-state index in [4.69, 9.17) is 0 Å². The first-order valence-electron chi connectivity index (χ1n) is 8.55. The molecule has 1 amide bonds. The fourth-order valence-corrected chi connectivity index (χ4v) is 4.43. The number of thiophene rings is 1. The van der Waals surface area contributed by atoms with Gasteiger partial charge in [-0.1, -0.05) is 28.1 Å². The maximum absolute atomic E-state index is 12.3. The number of piperazine rings is 1. The lowest BCUT2D eigenvalue weighted by Crippen LogP contribution is -2.48. The summed E-state index contributed by atoms with van der Waals surface area (Å²) in [5.41, 5.74) is 1.82. The van der Waals surface area contributed by atoms with Crippen LogP contribution in [0.25, 0.3) is 10.4 Å². The Labute approximate surface area is 164 Å². The van der Waals surface area contributed by atoms with Gasteiger partial charge >= 0.3 is 0 Å². The number of carbonyl (C=O) groups excluding carboxylic acids is 1. The molecule has 1 fully saturated rings. The highest BCUT2D eigenvalue weighted by atomic mass is 79.9. The predicted octanol–water partition coefficient (Wildman–Crippen LogP) is 3.86. The molecule has 0 bridgehead atoms. The first kappa shape index (κ1) is 17.5. The summed E-state index contributed by atoms with van der Waals surface area (Å²) < 4.78 is 1.10. The average molecular weight is 431 g/mol. The van der Waals surface area contributed by atoms with Gasteiger partial charge in [-0.05, 0) is 35.9 Å². The molecule has 1 aromatic carbocycles. The molecule has 2 aromatic heterocycles. The van der Waals surface area contributed by atoms with E-state index in [-0.39, 0.29) is 5.91 Å². The molecule has 0 atom stereocenters. The number of benzene rings is 1. The Morgan fingerprint density at radius 3 is 2.54 bits per heavy atom. The quantitative estimate of drug-likeness (QED) is 0.683. The van der Waals surface area contributed by atoms with Crippen LogP contribution in [-0.2, 0) is 6.54 Å². The van der Waals surface area contributed by atoms with Crippen LogP contribution in [0, 0.1) is 0 Å². The minimum atomic E-state index is 0.0378. The molecular formula is C19H19BrN4OS. The molecule has 0 radical (unpaired) electrons. The van der Waals surface area contributed by atoms with Gasteiger partial charge in [0.15, 0.2) is 0 Å². The van der Waals surface area contributed by atoms with Gasteiger partial charge in [-0.15, -0.1) is 11.3 Å². The van der Waals surface area contributed by atoms with Crippen LogP contribution in [0.2, 0.25) is 0 Å². The number of carbonyl (C=O) groups is 1. The van der Waals surface area contributed by atoms with Gasteiger partial charge in [0.2, 0.25) is 0 Å². The fraction of sp³-hybridized carbons (Fsp3) is 0.263. The van der Waals surface area contributed by atoms with Gasteiger partial charge in [0, 0.05) is 53.1 Å². The number of H-pyrrole nitrogens is 1. The van der Waals surface area contributed by atoms with Crippen LogP contribution in [-0.4, -0.2) is 52.1 Å². The van der Waals surface area contributed by atoms with E-state index in [2.05, 4.69) is 67.4 Å². The van der Waals surface area contributed by atoms with Gasteiger partial charge in [-0.3, -0.25) is 14.8 Å². The van der Waals surface area contributed by atoms with Crippen LogP contribution in [0.15, 0.2) is 53.1 Å². The lowest BCUT2D eigenvalue weighted by molar-refractivity contribution is 0.0624. The van der Waals surface area contributed by atoms with Crippen molar-refractivity contribution in [3.05, 3.63) is 63.7 Å². The van der Waals surface area contributed by atoms with Gasteiger partial charge in [0.25, 0.3) is 5.91 Å². The molecule has 3 heterocycles. The number of halogens is 1. The Morgan fingerprint density at radius 2 is 1.85 bits per heavy atom. The zero-order chi connectivity index (χ0) is 17.9. The zero-order valence-corrected chi connectivity index (χ0v) is 16.6. The molecular weight excluding hydrogens is 412 g/mol. The molecule has 4 rings (SSSR count). The van der Waals surface area contributed by atoms with E-state index >= 15 is 0 Å². The smallest absolute Gasteiger partial charge is 0.271 e. The summed E-state index contributed by atoms with van der Waals surface area (Å²) in [5.74, 6) is 0.0378. The van der Waals surface area contributed by atoms with Gasteiger partial charge in [0.1, 0.15) is 5.69 Å². The maximum Gasteiger partial charge on any atom is 0.271 e. The summed E-state index contributed by atoms with van der Waals surface area (Å²) in [6, 6.07) is 14.6. The summed E-state index contributed by atoms with van der Waals surface area (Å²) >= 11 is 5.32. The maximum atomic E-state index is 12.3. The molecule has 0 saturated carbocycles. The van der Waals surface area contributed by atoms with Crippen LogP contribution < -0.4 is 0 Å². The Kier molecular flexibility index (Phi) is 5.19. The second kappa shape index (κ2) is 7.73. The standard InChI is InChI=1S/C19H19BrN4OS/c20-15-3-1-14(2-4-15)18-6-5-16(26-18)13-23-9-11-24(12-10-23)19(25)17-7-8-21-22-17/h1-8H,9-13H2,(H,21,22). The van der Waals surface area contributed by atoms with Crippen molar-refractivity contribution in [1.82, 2.24) is 20.0 Å². The predicted molar refractivity (Wildman–Crippen MR) is 107 cm³/mol. The SMILES string of the molecule is O=C(c1ccn[nH]1)N1CCN(Cc2ccc(-c3ccc(Br)cc3)s2)CC1. The van der Waals surface area contributed by atoms with E-state index in [0.29, 0.717) is 5.69 Å². The van der Waals surface area contributed by atoms with E-state index in [1.165, 1.54) is 15.3 Å². The molecule has 26 heavy (non-hydrogen) atoms. The molecule has 1 aliphatic heterocycles. The monoisotopic (exact) mass is 430 g/mol. The number of hydrogen-bond acceptors (Lipinski definition) is 4. The summed E-state index contributed by atoms with van der Waals surface area (Å²) in [6.45, 7) is 4.23. The summed E-state index contributed by atoms with van der Waals surface area (Å²) in [7, 11) is 0. The van der Waals surface area contributed by atoms with Crippen molar-refractivity contribution >= 4 is 33.2 Å². The van der Waals surface area contributed by atoms with E-state index in [1.54, 1.807) is 12.3 Å². The third-order valence-electron chi connectivity index (χ3n) is 4.56. The zero-order valence-electron chi connectivity index (χ0n) is 14.2. The number of aromatic amines is 1. The van der Waals surface area contributed by atoms with E-state index in [0.717, 1.165) is 37.2 Å². The molecule has 0 aliphatic carbocycles. The molecule has 3 aromatic rings. The van der Waals surface area contributed by atoms with Crippen LogP contribution in [0.4, 0.5) is 0 Å². The first-order valence-corrected chi connectivity index (χ1v) is 10.2. The van der Waals surface area contributed by atoms with E-state index in [1.807, 2.05) is 16.2 Å². The van der Waals surface area contributed by atoms with Crippen molar-refractivity contribution in [2.75, 3.05) is 26.2 Å². The first-order chi connectivity index (χ1) is 12.7. The highest BCUT2D eigenvalue weighted by Crippen LogP contribution is 2.30. The third kappa shape index (κ3) is 3.90. The summed E-state index contributed by atoms with van der Waals surface area (Å²) in [6.07, 6.45) is 1.61. The van der Waals surface area contributed by atoms with Crippen molar-refractivity contribution in [2.24, 2.45) is 0 Å². The minimum absolute atomic E-state index is 0.0378. The van der Waals surface area contributed by atoms with Crippen molar-refractivity contribution in [2.45, 2.75) is 6.54 Å². The lowest BCUT2D eigenvalue weighted by Gasteiger charge is -2.34. The second-order valence-corrected chi connectivity index (χ2v) is 8.40. The summed E-state index contributed by atoms with van der Waals surface area (Å²) in [5, 5.41) is 6.61. The minimum Gasteiger partial charge on any atom is -0.335 e. The molecule has 1 aliphatic rings. The average Bonchev–Trinajstić information content (AvgIpc) is 3.35. The Hall–Kier alpha value is -1.96. The van der Waals surface area contributed by atoms with Gasteiger partial charge in [-0.25, -0.2) is 0 Å². The topological polar surface area (TPSA) is 52.2 Å². The van der Waals surface area contributed by atoms with Crippen molar-refractivity contribution in [1.29, 1.82) is 0 Å². The Bertz CT molecular complexity index is 867. The largest absolute Gasteiger partial charge is 0.335 e. The van der Waals surface area contributed by atoms with Crippen LogP contribution >= 0.6 is 27.3 Å². The number of hydrogen-bond donors (Lipinski definition) is 1. The number of nitrogens with zero attached hydrogens (tertiary/aromatic N) is 3. The molecule has 134 valence electrons. The normalized spacial score (nSPS) is 15.3. The third-order valence-corrected chi connectivity index (χ3v) is 6.21. The van der Waals surface area contributed by atoms with Crippen LogP contribution in [0.1, 0.15) is 15.4 Å². The van der Waals surface area contributed by atoms with Crippen molar-refractivity contribution < 1.29 is 4.79 Å². The number of rotatable bonds is 4. The van der Waals surface area contributed by atoms with Gasteiger partial charge in [0.05, 0.1) is 0 Å². The lowest BCUT2D eigenvalue weighted by atomic mass is 10.2. The summed E-state index contributed by atoms with van der Waals surface area (Å²) in [4.78, 5) is 19.3. The molecule has 7 heteroatoms. The Balaban J connectivity index is 1.33. The van der Waals surface area contributed by atoms with Crippen LogP contribution in [0.3, 0.4) is 0 Å². The fourth-order valence-electron chi connectivity index (χ4n) is 3.11. The number of amides is 1. The molecule has 1 N–H and O–H groups in total. The molecule has 0 spiro atoms. The highest BCUT2D eigenvalue weighted by molar-refractivity contribution is 9.10. The van der Waals surface area contributed by atoms with E-state index in [9.17, 15) is 4.79 Å². The second-order valence-electron chi connectivity index (χ2n) is 6.31. The molecule has 0 unspecified atom stereocenters. The number of aromatic nitrogens is 2. The van der Waals surface area contributed by atoms with Gasteiger partial charge in [-0.2, -0.15) is 5.10 Å². The molecule has 1 saturated heterocycles. The van der Waals surface area contributed by atoms with Crippen LogP contribution in [0.5, 0.6) is 0 Å². The van der Waals surface area contributed by atoms with E-state index < -0.39 is 0 Å². The number of nitrogens with one attached hydrogen (secondary N) is 1. The Morgan fingerprint density at radius 1 is 1.08 bits per heavy atom. The molecule has 5 nitrogen and oxygen atoms in total. The van der Waals surface area contributed by atoms with Crippen molar-refractivity contribution in [3.8, 4) is 10.4 Å². The highest BCUT2D eigenvalue weighted by Gasteiger charge is 2.23.